The molecule has 2 unspecified atom stereocenters. The van der Waals surface area contributed by atoms with Gasteiger partial charge in [0.25, 0.3) is 14.3 Å². The highest BCUT2D eigenvalue weighted by Gasteiger charge is 2.36. The van der Waals surface area contributed by atoms with Crippen LogP contribution in [-0.4, -0.2) is 39.8 Å². The Morgan fingerprint density at radius 2 is 1.94 bits per heavy atom. The largest absolute Gasteiger partial charge is 0.517 e. The second-order valence-corrected chi connectivity index (χ2v) is 8.53. The van der Waals surface area contributed by atoms with Crippen LogP contribution >= 0.6 is 0 Å². The average molecular weight is 248 g/mol. The van der Waals surface area contributed by atoms with Crippen LogP contribution in [0.1, 0.15) is 27.2 Å². The molecule has 0 aliphatic carbocycles. The zero-order valence-electron chi connectivity index (χ0n) is 11.2. The Labute approximate surface area is 99.4 Å². The first-order valence-corrected chi connectivity index (χ1v) is 8.66. The van der Waals surface area contributed by atoms with Gasteiger partial charge in [0, 0.05) is 14.0 Å². The van der Waals surface area contributed by atoms with E-state index in [-0.39, 0.29) is 17.8 Å². The van der Waals surface area contributed by atoms with E-state index in [2.05, 4.69) is 0 Å². The Kier molecular flexibility index (Phi) is 6.86. The smallest absolute Gasteiger partial charge is 0.289 e. The summed E-state index contributed by atoms with van der Waals surface area (Å²) < 4.78 is 16.3. The molecule has 0 saturated carbocycles. The van der Waals surface area contributed by atoms with Crippen molar-refractivity contribution in [3.8, 4) is 0 Å². The number of methoxy groups -OCH3 is 1. The van der Waals surface area contributed by atoms with Crippen molar-refractivity contribution in [1.82, 2.24) is 0 Å². The van der Waals surface area contributed by atoms with Crippen LogP contribution in [0.3, 0.4) is 0 Å². The van der Waals surface area contributed by atoms with Crippen LogP contribution < -0.4 is 0 Å². The minimum absolute atomic E-state index is 0.0222. The summed E-state index contributed by atoms with van der Waals surface area (Å²) in [6.45, 7) is 9.97. The summed E-state index contributed by atoms with van der Waals surface area (Å²) in [5.41, 5.74) is 0.0222. The second-order valence-electron chi connectivity index (χ2n) is 4.47. The lowest BCUT2D eigenvalue weighted by atomic mass is 10.4. The maximum atomic E-state index is 11.0. The molecule has 0 spiro atoms. The highest BCUT2D eigenvalue weighted by molar-refractivity contribution is 6.73. The topological polar surface area (TPSA) is 44.8 Å². The van der Waals surface area contributed by atoms with Crippen molar-refractivity contribution in [1.29, 1.82) is 0 Å². The molecule has 0 N–H and O–H groups in total. The van der Waals surface area contributed by atoms with Gasteiger partial charge in [-0.15, -0.1) is 0 Å². The van der Waals surface area contributed by atoms with Crippen LogP contribution in [0.15, 0.2) is 0 Å². The van der Waals surface area contributed by atoms with Gasteiger partial charge in [0.05, 0.1) is 18.4 Å². The predicted octanol–water partition coefficient (Wildman–Crippen LogP) is 2.12. The van der Waals surface area contributed by atoms with Crippen molar-refractivity contribution in [3.05, 3.63) is 0 Å². The quantitative estimate of drug-likeness (QED) is 0.647. The second kappa shape index (κ2) is 7.03. The summed E-state index contributed by atoms with van der Waals surface area (Å²) in [7, 11) is -0.446. The van der Waals surface area contributed by atoms with Crippen LogP contribution in [-0.2, 0) is 18.7 Å². The first kappa shape index (κ1) is 15.6. The number of hydrogen-bond acceptors (Lipinski definition) is 4. The number of rotatable bonds is 7. The Morgan fingerprint density at radius 3 is 2.31 bits per heavy atom. The van der Waals surface area contributed by atoms with Crippen molar-refractivity contribution in [3.63, 3.8) is 0 Å². The van der Waals surface area contributed by atoms with Crippen molar-refractivity contribution >= 4 is 14.3 Å². The standard InChI is InChI=1S/C11H24O4Si/c1-7-11(14-8-9(2)13-4)16(5,6)15-10(3)12/h9,11H,7-8H2,1-6H3. The predicted molar refractivity (Wildman–Crippen MR) is 65.8 cm³/mol. The molecule has 0 aliphatic heterocycles. The van der Waals surface area contributed by atoms with Gasteiger partial charge in [0.1, 0.15) is 0 Å². The Hall–Kier alpha value is -0.393. The third kappa shape index (κ3) is 5.63. The van der Waals surface area contributed by atoms with Gasteiger partial charge in [-0.25, -0.2) is 0 Å². The van der Waals surface area contributed by atoms with Crippen molar-refractivity contribution in [2.75, 3.05) is 13.7 Å². The third-order valence-corrected chi connectivity index (χ3v) is 5.43. The molecular formula is C11H24O4Si. The monoisotopic (exact) mass is 248 g/mol. The van der Waals surface area contributed by atoms with Crippen LogP contribution in [0, 0.1) is 0 Å². The molecule has 0 aliphatic rings. The maximum absolute atomic E-state index is 11.0. The third-order valence-electron chi connectivity index (χ3n) is 2.49. The molecule has 0 bridgehead atoms. The van der Waals surface area contributed by atoms with E-state index in [1.165, 1.54) is 6.92 Å². The molecule has 4 nitrogen and oxygen atoms in total. The van der Waals surface area contributed by atoms with Crippen LogP contribution in [0.25, 0.3) is 0 Å². The summed E-state index contributed by atoms with van der Waals surface area (Å²) in [4.78, 5) is 11.0. The van der Waals surface area contributed by atoms with Crippen molar-refractivity contribution < 1.29 is 18.7 Å². The Bertz CT molecular complexity index is 218. The molecule has 0 aromatic rings. The SMILES string of the molecule is CCC(OCC(C)OC)[Si](C)(C)OC(C)=O. The molecule has 96 valence electrons. The number of ether oxygens (including phenoxy) is 2. The van der Waals surface area contributed by atoms with E-state index >= 15 is 0 Å². The molecule has 0 aromatic carbocycles. The van der Waals surface area contributed by atoms with E-state index in [0.29, 0.717) is 6.61 Å². The van der Waals surface area contributed by atoms with E-state index in [4.69, 9.17) is 13.9 Å². The van der Waals surface area contributed by atoms with Gasteiger partial charge in [0.15, 0.2) is 0 Å². The Balaban J connectivity index is 4.29. The lowest BCUT2D eigenvalue weighted by molar-refractivity contribution is -0.133. The molecule has 0 fully saturated rings. The molecular weight excluding hydrogens is 224 g/mol. The lowest BCUT2D eigenvalue weighted by Crippen LogP contribution is -2.48. The highest BCUT2D eigenvalue weighted by atomic mass is 28.4. The summed E-state index contributed by atoms with van der Waals surface area (Å²) in [6.07, 6.45) is 0.916. The van der Waals surface area contributed by atoms with Gasteiger partial charge in [0.2, 0.25) is 0 Å². The first-order chi connectivity index (χ1) is 7.33. The van der Waals surface area contributed by atoms with Gasteiger partial charge in [-0.05, 0) is 26.4 Å². The lowest BCUT2D eigenvalue weighted by Gasteiger charge is -2.31. The minimum Gasteiger partial charge on any atom is -0.517 e. The fraction of sp³-hybridized carbons (Fsp3) is 0.909. The van der Waals surface area contributed by atoms with Gasteiger partial charge in [-0.3, -0.25) is 4.79 Å². The van der Waals surface area contributed by atoms with Crippen LogP contribution in [0.4, 0.5) is 0 Å². The summed E-state index contributed by atoms with van der Waals surface area (Å²) >= 11 is 0. The number of hydrogen-bond donors (Lipinski definition) is 0. The molecule has 0 radical (unpaired) electrons. The summed E-state index contributed by atoms with van der Waals surface area (Å²) in [5.74, 6) is -0.224. The minimum atomic E-state index is -2.10. The van der Waals surface area contributed by atoms with E-state index < -0.39 is 8.32 Å². The molecule has 0 saturated heterocycles. The molecule has 0 amide bonds. The van der Waals surface area contributed by atoms with Gasteiger partial charge < -0.3 is 13.9 Å². The van der Waals surface area contributed by atoms with Gasteiger partial charge in [-0.1, -0.05) is 6.92 Å². The van der Waals surface area contributed by atoms with E-state index in [9.17, 15) is 4.79 Å². The summed E-state index contributed by atoms with van der Waals surface area (Å²) in [6, 6.07) is 0. The van der Waals surface area contributed by atoms with Crippen LogP contribution in [0.2, 0.25) is 13.1 Å². The normalized spacial score (nSPS) is 15.6. The molecule has 0 aromatic heterocycles. The number of carbonyl (C=O) groups is 1. The molecule has 0 heterocycles. The van der Waals surface area contributed by atoms with E-state index in [0.717, 1.165) is 6.42 Å². The maximum Gasteiger partial charge on any atom is 0.289 e. The molecule has 5 heteroatoms. The summed E-state index contributed by atoms with van der Waals surface area (Å²) in [5, 5.41) is 0. The van der Waals surface area contributed by atoms with Gasteiger partial charge in [-0.2, -0.15) is 0 Å². The molecule has 16 heavy (non-hydrogen) atoms. The van der Waals surface area contributed by atoms with E-state index in [1.807, 2.05) is 26.9 Å². The fourth-order valence-electron chi connectivity index (χ4n) is 1.57. The average Bonchev–Trinajstić information content (AvgIpc) is 2.15. The zero-order valence-corrected chi connectivity index (χ0v) is 12.2. The molecule has 0 rings (SSSR count). The van der Waals surface area contributed by atoms with Crippen molar-refractivity contribution in [2.45, 2.75) is 52.1 Å². The fourth-order valence-corrected chi connectivity index (χ4v) is 3.92. The number of carbonyl (C=O) groups excluding carboxylic acids is 1. The van der Waals surface area contributed by atoms with Crippen molar-refractivity contribution in [2.24, 2.45) is 0 Å². The van der Waals surface area contributed by atoms with Gasteiger partial charge >= 0.3 is 0 Å². The van der Waals surface area contributed by atoms with E-state index in [1.54, 1.807) is 7.11 Å². The van der Waals surface area contributed by atoms with Crippen LogP contribution in [0.5, 0.6) is 0 Å². The first-order valence-electron chi connectivity index (χ1n) is 5.67. The zero-order chi connectivity index (χ0) is 12.8. The highest BCUT2D eigenvalue weighted by Crippen LogP contribution is 2.17. The Morgan fingerprint density at radius 1 is 1.38 bits per heavy atom. The molecule has 2 atom stereocenters.